The molecule has 170 valence electrons. The Kier molecular flexibility index (Phi) is 7.29. The van der Waals surface area contributed by atoms with E-state index in [1.54, 1.807) is 0 Å². The fourth-order valence-corrected chi connectivity index (χ4v) is 5.10. The van der Waals surface area contributed by atoms with Crippen LogP contribution in [0.1, 0.15) is 37.2 Å². The lowest BCUT2D eigenvalue weighted by Crippen LogP contribution is -2.39. The van der Waals surface area contributed by atoms with Gasteiger partial charge in [0, 0.05) is 28.7 Å². The van der Waals surface area contributed by atoms with Crippen molar-refractivity contribution in [2.24, 2.45) is 0 Å². The molecule has 3 heterocycles. The van der Waals surface area contributed by atoms with Crippen molar-refractivity contribution in [2.75, 3.05) is 37.7 Å². The molecule has 0 bridgehead atoms. The normalized spacial score (nSPS) is 17.2. The average Bonchev–Trinajstić information content (AvgIpc) is 3.21. The van der Waals surface area contributed by atoms with E-state index in [2.05, 4.69) is 28.2 Å². The van der Waals surface area contributed by atoms with Gasteiger partial charge in [-0.3, -0.25) is 4.79 Å². The van der Waals surface area contributed by atoms with E-state index < -0.39 is 0 Å². The number of carbonyl (C=O) groups excluding carboxylic acids is 1. The van der Waals surface area contributed by atoms with E-state index in [-0.39, 0.29) is 24.9 Å². The summed E-state index contributed by atoms with van der Waals surface area (Å²) >= 11 is 6.22. The summed E-state index contributed by atoms with van der Waals surface area (Å²) in [5, 5.41) is 2.06. The summed E-state index contributed by atoms with van der Waals surface area (Å²) in [6.45, 7) is 4.23. The molecule has 0 saturated carbocycles. The molecule has 0 unspecified atom stereocenters. The fourth-order valence-electron chi connectivity index (χ4n) is 4.92. The molecule has 1 fully saturated rings. The molecule has 1 amide bonds. The number of anilines is 1. The van der Waals surface area contributed by atoms with Crippen molar-refractivity contribution in [2.45, 2.75) is 31.6 Å². The zero-order valence-corrected chi connectivity index (χ0v) is 19.6. The van der Waals surface area contributed by atoms with Gasteiger partial charge in [-0.2, -0.15) is 0 Å². The van der Waals surface area contributed by atoms with Crippen molar-refractivity contribution in [3.05, 3.63) is 59.2 Å². The Labute approximate surface area is 200 Å². The van der Waals surface area contributed by atoms with Crippen LogP contribution in [0.2, 0.25) is 5.02 Å². The lowest BCUT2D eigenvalue weighted by atomic mass is 9.89. The van der Waals surface area contributed by atoms with Gasteiger partial charge in [0.2, 0.25) is 0 Å². The number of rotatable bonds is 6. The topological polar surface area (TPSA) is 48.6 Å². The molecule has 1 aromatic heterocycles. The van der Waals surface area contributed by atoms with E-state index in [1.807, 2.05) is 35.2 Å². The zero-order valence-electron chi connectivity index (χ0n) is 18.1. The second kappa shape index (κ2) is 10.2. The Morgan fingerprint density at radius 3 is 2.69 bits per heavy atom. The van der Waals surface area contributed by atoms with Gasteiger partial charge in [-0.25, -0.2) is 0 Å². The van der Waals surface area contributed by atoms with Crippen LogP contribution in [0.5, 0.6) is 5.75 Å². The molecule has 5 nitrogen and oxygen atoms in total. The van der Waals surface area contributed by atoms with Crippen LogP contribution < -0.4 is 9.64 Å². The first-order chi connectivity index (χ1) is 15.2. The molecule has 2 aromatic carbocycles. The predicted molar refractivity (Wildman–Crippen MR) is 132 cm³/mol. The van der Waals surface area contributed by atoms with E-state index in [0.717, 1.165) is 55.5 Å². The average molecular weight is 474 g/mol. The van der Waals surface area contributed by atoms with Gasteiger partial charge < -0.3 is 19.5 Å². The number of piperidine rings is 1. The highest BCUT2D eigenvalue weighted by atomic mass is 35.5. The number of carbonyl (C=O) groups is 1. The first-order valence-corrected chi connectivity index (χ1v) is 11.6. The summed E-state index contributed by atoms with van der Waals surface area (Å²) in [6.07, 6.45) is 6.61. The molecule has 5 rings (SSSR count). The predicted octanol–water partition coefficient (Wildman–Crippen LogP) is 5.63. The van der Waals surface area contributed by atoms with Gasteiger partial charge in [-0.05, 0) is 87.1 Å². The monoisotopic (exact) mass is 473 g/mol. The van der Waals surface area contributed by atoms with E-state index in [0.29, 0.717) is 5.92 Å². The summed E-state index contributed by atoms with van der Waals surface area (Å²) in [6, 6.07) is 13.9. The third kappa shape index (κ3) is 4.75. The van der Waals surface area contributed by atoms with Gasteiger partial charge in [0.15, 0.2) is 6.61 Å². The summed E-state index contributed by atoms with van der Waals surface area (Å²) in [5.41, 5.74) is 3.47. The summed E-state index contributed by atoms with van der Waals surface area (Å²) < 4.78 is 5.53. The number of amides is 1. The number of benzene rings is 2. The third-order valence-electron chi connectivity index (χ3n) is 6.62. The first kappa shape index (κ1) is 23.0. The van der Waals surface area contributed by atoms with Crippen molar-refractivity contribution < 1.29 is 9.53 Å². The fraction of sp³-hybridized carbons (Fsp3) is 0.400. The minimum absolute atomic E-state index is 0. The second-order valence-corrected chi connectivity index (χ2v) is 9.00. The smallest absolute Gasteiger partial charge is 0.265 e. The largest absolute Gasteiger partial charge is 0.482 e. The van der Waals surface area contributed by atoms with E-state index in [4.69, 9.17) is 16.3 Å². The number of ether oxygens (including phenoxy) is 1. The SMILES string of the molecule is Cl.O=C1COc2ccccc2N1CCCCN1CCC(c2c[nH]c3ccc(Cl)cc23)CC1. The lowest BCUT2D eigenvalue weighted by molar-refractivity contribution is -0.121. The molecule has 32 heavy (non-hydrogen) atoms. The number of nitrogens with zero attached hydrogens (tertiary/aromatic N) is 2. The molecule has 1 N–H and O–H groups in total. The highest BCUT2D eigenvalue weighted by Crippen LogP contribution is 2.34. The molecular formula is C25H29Cl2N3O2. The number of para-hydroxylation sites is 2. The molecule has 3 aromatic rings. The van der Waals surface area contributed by atoms with Crippen molar-refractivity contribution in [1.29, 1.82) is 0 Å². The van der Waals surface area contributed by atoms with Gasteiger partial charge in [0.1, 0.15) is 5.75 Å². The minimum Gasteiger partial charge on any atom is -0.482 e. The molecule has 0 atom stereocenters. The zero-order chi connectivity index (χ0) is 21.2. The van der Waals surface area contributed by atoms with Crippen molar-refractivity contribution >= 4 is 46.5 Å². The number of hydrogen-bond donors (Lipinski definition) is 1. The molecular weight excluding hydrogens is 445 g/mol. The lowest BCUT2D eigenvalue weighted by Gasteiger charge is -2.32. The van der Waals surface area contributed by atoms with Crippen LogP contribution in [-0.4, -0.2) is 48.6 Å². The molecule has 0 radical (unpaired) electrons. The maximum atomic E-state index is 12.3. The minimum atomic E-state index is 0. The number of halogens is 2. The van der Waals surface area contributed by atoms with Gasteiger partial charge in [-0.15, -0.1) is 12.4 Å². The standard InChI is InChI=1S/C25H28ClN3O2.ClH/c26-19-7-8-22-20(15-19)21(16-27-22)18-9-13-28(14-10-18)11-3-4-12-29-23-5-1-2-6-24(23)31-17-25(29)30;/h1-2,5-8,15-16,18,27H,3-4,9-14,17H2;1H. The number of nitrogens with one attached hydrogen (secondary N) is 1. The molecule has 1 saturated heterocycles. The van der Waals surface area contributed by atoms with Crippen LogP contribution >= 0.6 is 24.0 Å². The van der Waals surface area contributed by atoms with Crippen LogP contribution in [0.15, 0.2) is 48.7 Å². The number of unbranched alkanes of at least 4 members (excludes halogenated alkanes) is 1. The van der Waals surface area contributed by atoms with Crippen molar-refractivity contribution in [3.63, 3.8) is 0 Å². The highest BCUT2D eigenvalue weighted by molar-refractivity contribution is 6.31. The molecule has 2 aliphatic rings. The highest BCUT2D eigenvalue weighted by Gasteiger charge is 2.25. The second-order valence-electron chi connectivity index (χ2n) is 8.56. The van der Waals surface area contributed by atoms with Gasteiger partial charge in [-0.1, -0.05) is 23.7 Å². The summed E-state index contributed by atoms with van der Waals surface area (Å²) in [4.78, 5) is 20.1. The van der Waals surface area contributed by atoms with Gasteiger partial charge in [0.05, 0.1) is 5.69 Å². The number of hydrogen-bond acceptors (Lipinski definition) is 3. The Morgan fingerprint density at radius 1 is 1.06 bits per heavy atom. The molecule has 0 spiro atoms. The van der Waals surface area contributed by atoms with Gasteiger partial charge >= 0.3 is 0 Å². The summed E-state index contributed by atoms with van der Waals surface area (Å²) in [7, 11) is 0. The van der Waals surface area contributed by atoms with Crippen molar-refractivity contribution in [1.82, 2.24) is 9.88 Å². The number of likely N-dealkylation sites (tertiary alicyclic amines) is 1. The maximum absolute atomic E-state index is 12.3. The Balaban J connectivity index is 0.00000245. The molecule has 2 aliphatic heterocycles. The quantitative estimate of drug-likeness (QED) is 0.472. The van der Waals surface area contributed by atoms with E-state index in [9.17, 15) is 4.79 Å². The number of aromatic amines is 1. The number of aromatic nitrogens is 1. The Morgan fingerprint density at radius 2 is 1.84 bits per heavy atom. The van der Waals surface area contributed by atoms with Crippen LogP contribution in [0.3, 0.4) is 0 Å². The van der Waals surface area contributed by atoms with Crippen molar-refractivity contribution in [3.8, 4) is 5.75 Å². The maximum Gasteiger partial charge on any atom is 0.265 e. The first-order valence-electron chi connectivity index (χ1n) is 11.2. The third-order valence-corrected chi connectivity index (χ3v) is 6.85. The van der Waals surface area contributed by atoms with Gasteiger partial charge in [0.25, 0.3) is 5.91 Å². The van der Waals surface area contributed by atoms with Crippen LogP contribution in [0.4, 0.5) is 5.69 Å². The Hall–Kier alpha value is -2.21. The van der Waals surface area contributed by atoms with Crippen LogP contribution in [0.25, 0.3) is 10.9 Å². The van der Waals surface area contributed by atoms with E-state index >= 15 is 0 Å². The number of fused-ring (bicyclic) bond motifs is 2. The van der Waals surface area contributed by atoms with E-state index in [1.165, 1.54) is 29.3 Å². The number of H-pyrrole nitrogens is 1. The van der Waals surface area contributed by atoms with Crippen LogP contribution in [-0.2, 0) is 4.79 Å². The van der Waals surface area contributed by atoms with Crippen LogP contribution in [0, 0.1) is 0 Å². The molecule has 0 aliphatic carbocycles. The Bertz CT molecular complexity index is 1080. The molecule has 7 heteroatoms. The summed E-state index contributed by atoms with van der Waals surface area (Å²) in [5.74, 6) is 1.45.